The Labute approximate surface area is 163 Å². The molecule has 0 radical (unpaired) electrons. The van der Waals surface area contributed by atoms with E-state index in [9.17, 15) is 34.8 Å². The van der Waals surface area contributed by atoms with Crippen LogP contribution < -0.4 is 10.3 Å². The van der Waals surface area contributed by atoms with Gasteiger partial charge in [0.1, 0.15) is 11.2 Å². The smallest absolute Gasteiger partial charge is 0.291 e. The largest absolute Gasteiger partial charge is 0.416 e. The fourth-order valence-electron chi connectivity index (χ4n) is 2.37. The maximum Gasteiger partial charge on any atom is 0.416 e. The lowest BCUT2D eigenvalue weighted by atomic mass is 10.1. The SMILES string of the molecule is Cc1csc2ncnc(NNS(=O)(=O)c3cc(C(F)(F)F)cc(C(F)(F)F)c3)c12. The molecule has 0 spiro atoms. The topological polar surface area (TPSA) is 84.0 Å². The van der Waals surface area contributed by atoms with Crippen molar-refractivity contribution in [2.24, 2.45) is 0 Å². The molecule has 0 atom stereocenters. The third-order valence-corrected chi connectivity index (χ3v) is 5.96. The average Bonchev–Trinajstić information content (AvgIpc) is 3.00. The molecule has 29 heavy (non-hydrogen) atoms. The van der Waals surface area contributed by atoms with Crippen molar-refractivity contribution in [1.29, 1.82) is 0 Å². The quantitative estimate of drug-likeness (QED) is 0.451. The van der Waals surface area contributed by atoms with Gasteiger partial charge in [-0.05, 0) is 36.1 Å². The van der Waals surface area contributed by atoms with Crippen LogP contribution in [0.2, 0.25) is 0 Å². The standard InChI is InChI=1S/C15H10F6N4O2S2/c1-7-5-28-13-11(7)12(22-6-23-13)24-25-29(26,27)10-3-8(14(16,17)18)2-9(4-10)15(19,20)21/h2-6,25H,1H3,(H,22,23,24). The summed E-state index contributed by atoms with van der Waals surface area (Å²) in [5.41, 5.74) is -0.565. The van der Waals surface area contributed by atoms with Gasteiger partial charge >= 0.3 is 12.4 Å². The molecule has 1 aromatic carbocycles. The minimum Gasteiger partial charge on any atom is -0.291 e. The molecular formula is C15H10F6N4O2S2. The van der Waals surface area contributed by atoms with E-state index < -0.39 is 38.4 Å². The maximum absolute atomic E-state index is 12.9. The van der Waals surface area contributed by atoms with Crippen molar-refractivity contribution in [1.82, 2.24) is 14.8 Å². The molecule has 156 valence electrons. The van der Waals surface area contributed by atoms with Crippen LogP contribution in [0.3, 0.4) is 0 Å². The molecule has 2 aromatic heterocycles. The van der Waals surface area contributed by atoms with Crippen molar-refractivity contribution in [2.45, 2.75) is 24.2 Å². The minimum atomic E-state index is -5.18. The Bertz CT molecular complexity index is 1140. The lowest BCUT2D eigenvalue weighted by molar-refractivity contribution is -0.143. The van der Waals surface area contributed by atoms with Gasteiger partial charge in [0.15, 0.2) is 5.82 Å². The summed E-state index contributed by atoms with van der Waals surface area (Å²) in [5.74, 6) is 0.000320. The van der Waals surface area contributed by atoms with Crippen LogP contribution in [0, 0.1) is 6.92 Å². The van der Waals surface area contributed by atoms with Crippen molar-refractivity contribution < 1.29 is 34.8 Å². The summed E-state index contributed by atoms with van der Waals surface area (Å²) in [4.78, 5) is 8.89. The number of fused-ring (bicyclic) bond motifs is 1. The highest BCUT2D eigenvalue weighted by atomic mass is 32.2. The van der Waals surface area contributed by atoms with E-state index in [-0.39, 0.29) is 24.0 Å². The zero-order valence-corrected chi connectivity index (χ0v) is 15.8. The fraction of sp³-hybridized carbons (Fsp3) is 0.200. The molecule has 2 N–H and O–H groups in total. The first kappa shape index (κ1) is 21.3. The van der Waals surface area contributed by atoms with E-state index in [0.29, 0.717) is 15.8 Å². The van der Waals surface area contributed by atoms with Crippen LogP contribution in [-0.2, 0) is 22.4 Å². The number of nitrogens with one attached hydrogen (secondary N) is 2. The summed E-state index contributed by atoms with van der Waals surface area (Å²) >= 11 is 1.25. The summed E-state index contributed by atoms with van der Waals surface area (Å²) in [6, 6.07) is 0.0739. The number of aromatic nitrogens is 2. The van der Waals surface area contributed by atoms with Crippen LogP contribution in [0.4, 0.5) is 32.2 Å². The van der Waals surface area contributed by atoms with E-state index in [1.165, 1.54) is 11.3 Å². The fourth-order valence-corrected chi connectivity index (χ4v) is 4.17. The van der Waals surface area contributed by atoms with E-state index in [1.807, 2.05) is 0 Å². The number of hydrogen-bond donors (Lipinski definition) is 2. The molecule has 3 aromatic rings. The van der Waals surface area contributed by atoms with Crippen molar-refractivity contribution >= 4 is 37.4 Å². The number of alkyl halides is 6. The Hall–Kier alpha value is -2.45. The van der Waals surface area contributed by atoms with E-state index in [2.05, 4.69) is 15.4 Å². The number of nitrogens with zero attached hydrogens (tertiary/aromatic N) is 2. The summed E-state index contributed by atoms with van der Waals surface area (Å²) in [6.45, 7) is 1.70. The molecule has 14 heteroatoms. The van der Waals surface area contributed by atoms with Gasteiger partial charge in [-0.1, -0.05) is 0 Å². The Morgan fingerprint density at radius 2 is 1.55 bits per heavy atom. The summed E-state index contributed by atoms with van der Waals surface area (Å²) in [5, 5.41) is 2.18. The van der Waals surface area contributed by atoms with Gasteiger partial charge in [-0.25, -0.2) is 18.4 Å². The van der Waals surface area contributed by atoms with Gasteiger partial charge in [0.25, 0.3) is 10.0 Å². The molecule has 0 fully saturated rings. The Morgan fingerprint density at radius 3 is 2.10 bits per heavy atom. The molecule has 2 heterocycles. The van der Waals surface area contributed by atoms with E-state index >= 15 is 0 Å². The number of rotatable bonds is 4. The van der Waals surface area contributed by atoms with Gasteiger partial charge in [0.05, 0.1) is 21.4 Å². The predicted molar refractivity (Wildman–Crippen MR) is 92.5 cm³/mol. The molecular weight excluding hydrogens is 446 g/mol. The molecule has 0 amide bonds. The van der Waals surface area contributed by atoms with Gasteiger partial charge in [0.2, 0.25) is 0 Å². The van der Waals surface area contributed by atoms with Gasteiger partial charge in [-0.3, -0.25) is 5.43 Å². The highest BCUT2D eigenvalue weighted by molar-refractivity contribution is 7.89. The number of hydrazine groups is 1. The van der Waals surface area contributed by atoms with Gasteiger partial charge in [-0.15, -0.1) is 16.2 Å². The Balaban J connectivity index is 1.99. The van der Waals surface area contributed by atoms with E-state index in [1.54, 1.807) is 17.1 Å². The van der Waals surface area contributed by atoms with Crippen LogP contribution >= 0.6 is 11.3 Å². The lowest BCUT2D eigenvalue weighted by Crippen LogP contribution is -2.30. The second kappa shape index (κ2) is 7.11. The van der Waals surface area contributed by atoms with E-state index in [0.717, 1.165) is 6.33 Å². The number of anilines is 1. The Kier molecular flexibility index (Phi) is 5.21. The molecule has 0 aliphatic heterocycles. The monoisotopic (exact) mass is 456 g/mol. The van der Waals surface area contributed by atoms with Crippen LogP contribution in [0.25, 0.3) is 10.2 Å². The third kappa shape index (κ3) is 4.43. The summed E-state index contributed by atoms with van der Waals surface area (Å²) < 4.78 is 102. The third-order valence-electron chi connectivity index (χ3n) is 3.73. The lowest BCUT2D eigenvalue weighted by Gasteiger charge is -2.15. The number of sulfonamides is 1. The molecule has 3 rings (SSSR count). The molecule has 0 bridgehead atoms. The molecule has 0 unspecified atom stereocenters. The number of aryl methyl sites for hydroxylation is 1. The van der Waals surface area contributed by atoms with Crippen LogP contribution in [0.1, 0.15) is 16.7 Å². The minimum absolute atomic E-state index is 0.000320. The van der Waals surface area contributed by atoms with Crippen molar-refractivity contribution in [3.05, 3.63) is 46.6 Å². The van der Waals surface area contributed by atoms with Gasteiger partial charge < -0.3 is 0 Å². The molecule has 6 nitrogen and oxygen atoms in total. The van der Waals surface area contributed by atoms with Crippen molar-refractivity contribution in [3.8, 4) is 0 Å². The average molecular weight is 456 g/mol. The highest BCUT2D eigenvalue weighted by Gasteiger charge is 2.38. The predicted octanol–water partition coefficient (Wildman–Crippen LogP) is 4.34. The van der Waals surface area contributed by atoms with E-state index in [4.69, 9.17) is 0 Å². The first-order valence-electron chi connectivity index (χ1n) is 7.55. The van der Waals surface area contributed by atoms with Crippen molar-refractivity contribution in [3.63, 3.8) is 0 Å². The van der Waals surface area contributed by atoms with Crippen LogP contribution in [0.15, 0.2) is 34.8 Å². The first-order chi connectivity index (χ1) is 13.3. The number of halogens is 6. The van der Waals surface area contributed by atoms with Crippen LogP contribution in [0.5, 0.6) is 0 Å². The number of thiophene rings is 1. The zero-order valence-electron chi connectivity index (χ0n) is 14.2. The summed E-state index contributed by atoms with van der Waals surface area (Å²) in [6.07, 6.45) is -9.22. The Morgan fingerprint density at radius 1 is 0.966 bits per heavy atom. The molecule has 0 saturated carbocycles. The zero-order chi connectivity index (χ0) is 21.6. The van der Waals surface area contributed by atoms with Gasteiger partial charge in [-0.2, -0.15) is 26.3 Å². The summed E-state index contributed by atoms with van der Waals surface area (Å²) in [7, 11) is -4.81. The maximum atomic E-state index is 12.9. The van der Waals surface area contributed by atoms with Gasteiger partial charge in [0, 0.05) is 0 Å². The number of hydrogen-bond acceptors (Lipinski definition) is 6. The molecule has 0 aliphatic rings. The highest BCUT2D eigenvalue weighted by Crippen LogP contribution is 2.37. The second-order valence-corrected chi connectivity index (χ2v) is 8.33. The molecule has 0 aliphatic carbocycles. The second-order valence-electron chi connectivity index (χ2n) is 5.79. The van der Waals surface area contributed by atoms with Crippen LogP contribution in [-0.4, -0.2) is 18.4 Å². The van der Waals surface area contributed by atoms with Crippen molar-refractivity contribution in [2.75, 3.05) is 5.43 Å². The number of benzene rings is 1. The first-order valence-corrected chi connectivity index (χ1v) is 9.91. The normalized spacial score (nSPS) is 13.1. The molecule has 0 saturated heterocycles.